The van der Waals surface area contributed by atoms with E-state index in [1.54, 1.807) is 41.8 Å². The Morgan fingerprint density at radius 1 is 1.08 bits per heavy atom. The van der Waals surface area contributed by atoms with E-state index in [0.29, 0.717) is 16.1 Å². The highest BCUT2D eigenvalue weighted by atomic mass is 32.1. The summed E-state index contributed by atoms with van der Waals surface area (Å²) in [6.45, 7) is -0.407. The first-order chi connectivity index (χ1) is 12.6. The lowest BCUT2D eigenvalue weighted by Crippen LogP contribution is -2.33. The summed E-state index contributed by atoms with van der Waals surface area (Å²) in [5, 5.41) is 7.41. The molecule has 1 aromatic heterocycles. The van der Waals surface area contributed by atoms with E-state index in [-0.39, 0.29) is 11.9 Å². The number of rotatable bonds is 6. The molecule has 1 saturated carbocycles. The van der Waals surface area contributed by atoms with Crippen LogP contribution in [-0.2, 0) is 9.53 Å². The summed E-state index contributed by atoms with van der Waals surface area (Å²) >= 11 is 1.25. The second kappa shape index (κ2) is 8.62. The summed E-state index contributed by atoms with van der Waals surface area (Å²) < 4.78 is 4.99. The molecule has 0 bridgehead atoms. The molecule has 0 spiro atoms. The summed E-state index contributed by atoms with van der Waals surface area (Å²) in [6.07, 6.45) is 4.22. The van der Waals surface area contributed by atoms with Gasteiger partial charge in [-0.05, 0) is 36.4 Å². The molecule has 7 heteroatoms. The van der Waals surface area contributed by atoms with Crippen molar-refractivity contribution in [2.45, 2.75) is 31.7 Å². The standard InChI is InChI=1S/C19H20N2O4S/c22-17(12-25-19(24)16-10-5-11-26-16)21-15-9-4-3-8-14(15)18(23)20-13-6-1-2-7-13/h3-5,8-11,13H,1-2,6-7,12H2,(H,20,23)(H,21,22). The van der Waals surface area contributed by atoms with Gasteiger partial charge in [-0.1, -0.05) is 31.0 Å². The van der Waals surface area contributed by atoms with Gasteiger partial charge in [0.25, 0.3) is 11.8 Å². The first-order valence-corrected chi connectivity index (χ1v) is 9.42. The van der Waals surface area contributed by atoms with E-state index in [4.69, 9.17) is 4.74 Å². The van der Waals surface area contributed by atoms with Crippen molar-refractivity contribution in [3.63, 3.8) is 0 Å². The molecule has 1 fully saturated rings. The third-order valence-electron chi connectivity index (χ3n) is 4.19. The van der Waals surface area contributed by atoms with Crippen LogP contribution in [-0.4, -0.2) is 30.4 Å². The molecular weight excluding hydrogens is 352 g/mol. The smallest absolute Gasteiger partial charge is 0.348 e. The molecule has 6 nitrogen and oxygen atoms in total. The van der Waals surface area contributed by atoms with Gasteiger partial charge in [-0.3, -0.25) is 9.59 Å². The van der Waals surface area contributed by atoms with Crippen LogP contribution in [0.3, 0.4) is 0 Å². The van der Waals surface area contributed by atoms with Crippen molar-refractivity contribution < 1.29 is 19.1 Å². The van der Waals surface area contributed by atoms with E-state index in [0.717, 1.165) is 25.7 Å². The second-order valence-electron chi connectivity index (χ2n) is 6.10. The topological polar surface area (TPSA) is 84.5 Å². The van der Waals surface area contributed by atoms with Crippen LogP contribution in [0.1, 0.15) is 45.7 Å². The van der Waals surface area contributed by atoms with Gasteiger partial charge in [-0.25, -0.2) is 4.79 Å². The Labute approximate surface area is 155 Å². The molecule has 0 radical (unpaired) electrons. The molecule has 0 unspecified atom stereocenters. The van der Waals surface area contributed by atoms with Gasteiger partial charge < -0.3 is 15.4 Å². The number of carbonyl (C=O) groups is 3. The van der Waals surface area contributed by atoms with Gasteiger partial charge in [0, 0.05) is 6.04 Å². The van der Waals surface area contributed by atoms with E-state index in [2.05, 4.69) is 10.6 Å². The van der Waals surface area contributed by atoms with Gasteiger partial charge in [-0.2, -0.15) is 0 Å². The second-order valence-corrected chi connectivity index (χ2v) is 7.05. The minimum Gasteiger partial charge on any atom is -0.451 e. The normalized spacial score (nSPS) is 14.0. The van der Waals surface area contributed by atoms with E-state index >= 15 is 0 Å². The van der Waals surface area contributed by atoms with Crippen molar-refractivity contribution in [3.8, 4) is 0 Å². The zero-order chi connectivity index (χ0) is 18.4. The number of thiophene rings is 1. The number of para-hydroxylation sites is 1. The first kappa shape index (κ1) is 18.1. The maximum absolute atomic E-state index is 12.5. The van der Waals surface area contributed by atoms with Crippen LogP contribution in [0.4, 0.5) is 5.69 Å². The molecular formula is C19H20N2O4S. The Bertz CT molecular complexity index is 783. The highest BCUT2D eigenvalue weighted by Gasteiger charge is 2.20. The van der Waals surface area contributed by atoms with Gasteiger partial charge in [0.15, 0.2) is 6.61 Å². The zero-order valence-electron chi connectivity index (χ0n) is 14.2. The fraction of sp³-hybridized carbons (Fsp3) is 0.316. The Morgan fingerprint density at radius 3 is 2.58 bits per heavy atom. The van der Waals surface area contributed by atoms with Gasteiger partial charge in [0.05, 0.1) is 11.3 Å². The predicted molar refractivity (Wildman–Crippen MR) is 99.4 cm³/mol. The fourth-order valence-electron chi connectivity index (χ4n) is 2.91. The summed E-state index contributed by atoms with van der Waals surface area (Å²) in [5.41, 5.74) is 0.803. The van der Waals surface area contributed by atoms with Gasteiger partial charge in [0.2, 0.25) is 0 Å². The molecule has 1 aromatic carbocycles. The summed E-state index contributed by atoms with van der Waals surface area (Å²) in [7, 11) is 0. The number of nitrogens with one attached hydrogen (secondary N) is 2. The zero-order valence-corrected chi connectivity index (χ0v) is 15.0. The van der Waals surface area contributed by atoms with Crippen LogP contribution < -0.4 is 10.6 Å². The van der Waals surface area contributed by atoms with Crippen LogP contribution in [0.2, 0.25) is 0 Å². The quantitative estimate of drug-likeness (QED) is 0.763. The van der Waals surface area contributed by atoms with Crippen molar-refractivity contribution >= 4 is 34.8 Å². The lowest BCUT2D eigenvalue weighted by atomic mass is 10.1. The first-order valence-electron chi connectivity index (χ1n) is 8.54. The summed E-state index contributed by atoms with van der Waals surface area (Å²) in [5.74, 6) is -1.23. The van der Waals surface area contributed by atoms with Gasteiger partial charge in [-0.15, -0.1) is 11.3 Å². The van der Waals surface area contributed by atoms with Crippen molar-refractivity contribution in [2.24, 2.45) is 0 Å². The Kier molecular flexibility index (Phi) is 6.01. The molecule has 1 aliphatic rings. The van der Waals surface area contributed by atoms with Crippen LogP contribution in [0.25, 0.3) is 0 Å². The van der Waals surface area contributed by atoms with Crippen LogP contribution in [0.5, 0.6) is 0 Å². The number of hydrogen-bond acceptors (Lipinski definition) is 5. The average molecular weight is 372 g/mol. The molecule has 0 saturated heterocycles. The van der Waals surface area contributed by atoms with Gasteiger partial charge >= 0.3 is 5.97 Å². The minimum atomic E-state index is -0.539. The molecule has 2 amide bonds. The molecule has 1 aliphatic carbocycles. The largest absolute Gasteiger partial charge is 0.451 e. The van der Waals surface area contributed by atoms with E-state index < -0.39 is 18.5 Å². The van der Waals surface area contributed by atoms with Crippen molar-refractivity contribution in [1.82, 2.24) is 5.32 Å². The lowest BCUT2D eigenvalue weighted by molar-refractivity contribution is -0.119. The average Bonchev–Trinajstić information content (AvgIpc) is 3.34. The monoisotopic (exact) mass is 372 g/mol. The van der Waals surface area contributed by atoms with Crippen molar-refractivity contribution in [2.75, 3.05) is 11.9 Å². The third-order valence-corrected chi connectivity index (χ3v) is 5.04. The van der Waals surface area contributed by atoms with Crippen LogP contribution in [0, 0.1) is 0 Å². The van der Waals surface area contributed by atoms with Crippen LogP contribution >= 0.6 is 11.3 Å². The number of esters is 1. The molecule has 1 heterocycles. The van der Waals surface area contributed by atoms with E-state index in [1.165, 1.54) is 11.3 Å². The maximum Gasteiger partial charge on any atom is 0.348 e. The molecule has 26 heavy (non-hydrogen) atoms. The van der Waals surface area contributed by atoms with E-state index in [1.807, 2.05) is 0 Å². The highest BCUT2D eigenvalue weighted by molar-refractivity contribution is 7.11. The fourth-order valence-corrected chi connectivity index (χ4v) is 3.52. The Balaban J connectivity index is 1.57. The Hall–Kier alpha value is -2.67. The number of ether oxygens (including phenoxy) is 1. The molecule has 0 atom stereocenters. The van der Waals surface area contributed by atoms with Gasteiger partial charge in [0.1, 0.15) is 4.88 Å². The number of benzene rings is 1. The predicted octanol–water partition coefficient (Wildman–Crippen LogP) is 3.22. The Morgan fingerprint density at radius 2 is 1.85 bits per heavy atom. The minimum absolute atomic E-state index is 0.193. The number of anilines is 1. The van der Waals surface area contributed by atoms with E-state index in [9.17, 15) is 14.4 Å². The molecule has 0 aliphatic heterocycles. The number of carbonyl (C=O) groups excluding carboxylic acids is 3. The molecule has 2 aromatic rings. The molecule has 136 valence electrons. The number of hydrogen-bond donors (Lipinski definition) is 2. The molecule has 3 rings (SSSR count). The van der Waals surface area contributed by atoms with Crippen molar-refractivity contribution in [1.29, 1.82) is 0 Å². The highest BCUT2D eigenvalue weighted by Crippen LogP contribution is 2.20. The molecule has 2 N–H and O–H groups in total. The maximum atomic E-state index is 12.5. The summed E-state index contributed by atoms with van der Waals surface area (Å²) in [6, 6.07) is 10.4. The third kappa shape index (κ3) is 4.70. The van der Waals surface area contributed by atoms with Crippen LogP contribution in [0.15, 0.2) is 41.8 Å². The summed E-state index contributed by atoms with van der Waals surface area (Å²) in [4.78, 5) is 36.8. The lowest BCUT2D eigenvalue weighted by Gasteiger charge is -2.15. The number of amides is 2. The van der Waals surface area contributed by atoms with Crippen molar-refractivity contribution in [3.05, 3.63) is 52.2 Å². The SMILES string of the molecule is O=C(COC(=O)c1cccs1)Nc1ccccc1C(=O)NC1CCCC1.